The van der Waals surface area contributed by atoms with Gasteiger partial charge in [0.25, 0.3) is 5.91 Å². The van der Waals surface area contributed by atoms with Crippen LogP contribution in [0, 0.1) is 0 Å². The molecule has 0 atom stereocenters. The summed E-state index contributed by atoms with van der Waals surface area (Å²) in [5.41, 5.74) is 6.73. The Balaban J connectivity index is 1.94. The maximum atomic E-state index is 11.9. The van der Waals surface area contributed by atoms with Crippen LogP contribution >= 0.6 is 23.4 Å². The van der Waals surface area contributed by atoms with Gasteiger partial charge >= 0.3 is 0 Å². The highest BCUT2D eigenvalue weighted by Crippen LogP contribution is 2.32. The molecule has 21 heavy (non-hydrogen) atoms. The van der Waals surface area contributed by atoms with Crippen LogP contribution < -0.4 is 11.1 Å². The van der Waals surface area contributed by atoms with Crippen molar-refractivity contribution in [1.29, 1.82) is 0 Å². The van der Waals surface area contributed by atoms with E-state index in [1.54, 1.807) is 48.1 Å². The minimum absolute atomic E-state index is 0.0596. The number of nitrogen functional groups attached to an aromatic ring is 1. The van der Waals surface area contributed by atoms with Crippen molar-refractivity contribution in [2.24, 2.45) is 7.05 Å². The lowest BCUT2D eigenvalue weighted by molar-refractivity contribution is -0.117. The van der Waals surface area contributed by atoms with E-state index >= 15 is 0 Å². The van der Waals surface area contributed by atoms with Crippen LogP contribution in [-0.4, -0.2) is 22.1 Å². The minimum atomic E-state index is -0.430. The van der Waals surface area contributed by atoms with Crippen molar-refractivity contribution < 1.29 is 9.59 Å². The number of hydrogen-bond acceptors (Lipinski definition) is 4. The highest BCUT2D eigenvalue weighted by molar-refractivity contribution is 8.00. The summed E-state index contributed by atoms with van der Waals surface area (Å²) in [6.07, 6.45) is 1.73. The Labute approximate surface area is 131 Å². The topological polar surface area (TPSA) is 77.1 Å². The lowest BCUT2D eigenvalue weighted by atomic mass is 10.3. The van der Waals surface area contributed by atoms with Crippen LogP contribution in [-0.2, 0) is 11.8 Å². The molecule has 0 saturated heterocycles. The van der Waals surface area contributed by atoms with Gasteiger partial charge in [-0.15, -0.1) is 11.8 Å². The Kier molecular flexibility index (Phi) is 4.93. The third-order valence-corrected chi connectivity index (χ3v) is 4.35. The van der Waals surface area contributed by atoms with Gasteiger partial charge in [-0.1, -0.05) is 17.7 Å². The Morgan fingerprint density at radius 1 is 1.33 bits per heavy atom. The number of benzene rings is 1. The predicted octanol–water partition coefficient (Wildman–Crippen LogP) is 2.31. The minimum Gasteiger partial charge on any atom is -0.398 e. The van der Waals surface area contributed by atoms with E-state index in [9.17, 15) is 9.59 Å². The van der Waals surface area contributed by atoms with Crippen molar-refractivity contribution in [1.82, 2.24) is 9.88 Å². The van der Waals surface area contributed by atoms with Crippen LogP contribution in [0.3, 0.4) is 0 Å². The first kappa shape index (κ1) is 15.5. The lowest BCUT2D eigenvalue weighted by Crippen LogP contribution is -2.32. The van der Waals surface area contributed by atoms with Crippen molar-refractivity contribution in [2.75, 3.05) is 11.5 Å². The highest BCUT2D eigenvalue weighted by Gasteiger charge is 2.14. The fourth-order valence-electron chi connectivity index (χ4n) is 1.74. The van der Waals surface area contributed by atoms with Crippen LogP contribution in [0.5, 0.6) is 0 Å². The molecule has 0 saturated carbocycles. The maximum absolute atomic E-state index is 11.9. The summed E-state index contributed by atoms with van der Waals surface area (Å²) < 4.78 is 1.64. The van der Waals surface area contributed by atoms with E-state index in [0.29, 0.717) is 21.3 Å². The maximum Gasteiger partial charge on any atom is 0.274 e. The monoisotopic (exact) mass is 323 g/mol. The molecule has 0 spiro atoms. The van der Waals surface area contributed by atoms with Gasteiger partial charge in [-0.25, -0.2) is 0 Å². The number of hydrogen-bond donors (Lipinski definition) is 2. The largest absolute Gasteiger partial charge is 0.398 e. The van der Waals surface area contributed by atoms with E-state index in [1.165, 1.54) is 11.8 Å². The summed E-state index contributed by atoms with van der Waals surface area (Å²) in [7, 11) is 1.73. The Hall–Kier alpha value is -1.92. The molecular formula is C14H14ClN3O2S. The van der Waals surface area contributed by atoms with Crippen LogP contribution in [0.2, 0.25) is 5.02 Å². The molecule has 1 aromatic heterocycles. The Morgan fingerprint density at radius 2 is 2.10 bits per heavy atom. The van der Waals surface area contributed by atoms with E-state index < -0.39 is 11.8 Å². The smallest absolute Gasteiger partial charge is 0.274 e. The average molecular weight is 324 g/mol. The first-order valence-corrected chi connectivity index (χ1v) is 7.47. The molecule has 0 unspecified atom stereocenters. The molecule has 110 valence electrons. The SMILES string of the molecule is Cn1cccc1C(=O)NC(=O)CSc1c(N)cccc1Cl. The summed E-state index contributed by atoms with van der Waals surface area (Å²) >= 11 is 7.22. The highest BCUT2D eigenvalue weighted by atomic mass is 35.5. The fourth-order valence-corrected chi connectivity index (χ4v) is 2.87. The quantitative estimate of drug-likeness (QED) is 0.668. The number of aromatic nitrogens is 1. The number of aryl methyl sites for hydroxylation is 1. The molecule has 2 rings (SSSR count). The van der Waals surface area contributed by atoms with Gasteiger partial charge in [-0.3, -0.25) is 14.9 Å². The molecule has 0 aliphatic heterocycles. The van der Waals surface area contributed by atoms with Gasteiger partial charge < -0.3 is 10.3 Å². The van der Waals surface area contributed by atoms with Gasteiger partial charge in [-0.05, 0) is 24.3 Å². The first-order chi connectivity index (χ1) is 9.99. The number of halogens is 1. The lowest BCUT2D eigenvalue weighted by Gasteiger charge is -2.08. The summed E-state index contributed by atoms with van der Waals surface area (Å²) in [6.45, 7) is 0. The van der Waals surface area contributed by atoms with Gasteiger partial charge in [-0.2, -0.15) is 0 Å². The summed E-state index contributed by atoms with van der Waals surface area (Å²) in [5.74, 6) is -0.768. The number of nitrogens with two attached hydrogens (primary N) is 1. The standard InChI is InChI=1S/C14H14ClN3O2S/c1-18-7-3-6-11(18)14(20)17-12(19)8-21-13-9(15)4-2-5-10(13)16/h2-7H,8,16H2,1H3,(H,17,19,20). The molecule has 0 aliphatic carbocycles. The molecule has 2 amide bonds. The third-order valence-electron chi connectivity index (χ3n) is 2.77. The van der Waals surface area contributed by atoms with Gasteiger partial charge in [0, 0.05) is 23.8 Å². The molecule has 1 aromatic carbocycles. The molecule has 2 aromatic rings. The molecule has 5 nitrogen and oxygen atoms in total. The predicted molar refractivity (Wildman–Crippen MR) is 84.5 cm³/mol. The van der Waals surface area contributed by atoms with Crippen molar-refractivity contribution in [3.63, 3.8) is 0 Å². The summed E-state index contributed by atoms with van der Waals surface area (Å²) in [5, 5.41) is 2.82. The van der Waals surface area contributed by atoms with Gasteiger partial charge in [0.15, 0.2) is 0 Å². The van der Waals surface area contributed by atoms with Crippen molar-refractivity contribution in [3.05, 3.63) is 47.2 Å². The van der Waals surface area contributed by atoms with E-state index in [1.807, 2.05) is 0 Å². The van der Waals surface area contributed by atoms with Crippen molar-refractivity contribution in [3.8, 4) is 0 Å². The number of thioether (sulfide) groups is 1. The third kappa shape index (κ3) is 3.80. The number of amides is 2. The zero-order valence-corrected chi connectivity index (χ0v) is 12.9. The number of anilines is 1. The number of carbonyl (C=O) groups excluding carboxylic acids is 2. The fraction of sp³-hybridized carbons (Fsp3) is 0.143. The number of rotatable bonds is 4. The number of imide groups is 1. The van der Waals surface area contributed by atoms with Gasteiger partial charge in [0.1, 0.15) is 5.69 Å². The van der Waals surface area contributed by atoms with Crippen LogP contribution in [0.25, 0.3) is 0 Å². The summed E-state index contributed by atoms with van der Waals surface area (Å²) in [6, 6.07) is 8.52. The van der Waals surface area contributed by atoms with E-state index in [0.717, 1.165) is 0 Å². The second-order valence-electron chi connectivity index (χ2n) is 4.33. The van der Waals surface area contributed by atoms with Crippen LogP contribution in [0.15, 0.2) is 41.4 Å². The molecule has 0 fully saturated rings. The molecule has 0 bridgehead atoms. The number of nitrogens with zero attached hydrogens (tertiary/aromatic N) is 1. The average Bonchev–Trinajstić information content (AvgIpc) is 2.84. The second kappa shape index (κ2) is 6.69. The van der Waals surface area contributed by atoms with Crippen molar-refractivity contribution >= 4 is 40.9 Å². The van der Waals surface area contributed by atoms with Gasteiger partial charge in [0.2, 0.25) is 5.91 Å². The zero-order chi connectivity index (χ0) is 15.4. The molecule has 3 N–H and O–H groups in total. The Bertz CT molecular complexity index is 664. The number of carbonyl (C=O) groups is 2. The molecule has 1 heterocycles. The van der Waals surface area contributed by atoms with Crippen molar-refractivity contribution in [2.45, 2.75) is 4.90 Å². The molecule has 0 radical (unpaired) electrons. The zero-order valence-electron chi connectivity index (χ0n) is 11.3. The first-order valence-electron chi connectivity index (χ1n) is 6.11. The van der Waals surface area contributed by atoms with E-state index in [4.69, 9.17) is 17.3 Å². The van der Waals surface area contributed by atoms with E-state index in [2.05, 4.69) is 5.32 Å². The van der Waals surface area contributed by atoms with Gasteiger partial charge in [0.05, 0.1) is 10.8 Å². The van der Waals surface area contributed by atoms with Crippen LogP contribution in [0.1, 0.15) is 10.5 Å². The summed E-state index contributed by atoms with van der Waals surface area (Å²) in [4.78, 5) is 24.3. The molecular weight excluding hydrogens is 310 g/mol. The number of nitrogens with one attached hydrogen (secondary N) is 1. The molecule has 7 heteroatoms. The second-order valence-corrected chi connectivity index (χ2v) is 5.72. The normalized spacial score (nSPS) is 10.4. The van der Waals surface area contributed by atoms with Crippen LogP contribution in [0.4, 0.5) is 5.69 Å². The molecule has 0 aliphatic rings. The Morgan fingerprint density at radius 3 is 2.71 bits per heavy atom. The van der Waals surface area contributed by atoms with E-state index in [-0.39, 0.29) is 5.75 Å².